The summed E-state index contributed by atoms with van der Waals surface area (Å²) in [6.07, 6.45) is 2.38. The Balaban J connectivity index is 1.92. The van der Waals surface area contributed by atoms with Gasteiger partial charge in [-0.25, -0.2) is 0 Å². The maximum absolute atomic E-state index is 8.54. The van der Waals surface area contributed by atoms with Crippen LogP contribution >= 0.6 is 0 Å². The molecule has 0 aromatic carbocycles. The van der Waals surface area contributed by atoms with E-state index in [0.29, 0.717) is 0 Å². The molecule has 0 aromatic rings. The highest BCUT2D eigenvalue weighted by Crippen LogP contribution is 2.15. The molecule has 1 rings (SSSR count). The first-order valence-corrected chi connectivity index (χ1v) is 5.01. The molecule has 0 radical (unpaired) electrons. The number of ether oxygens (including phenoxy) is 1. The zero-order valence-corrected chi connectivity index (χ0v) is 8.25. The smallest absolute Gasteiger partial charge is 0.0666 e. The Labute approximate surface area is 80.1 Å². The van der Waals surface area contributed by atoms with Gasteiger partial charge in [0.05, 0.1) is 12.0 Å². The van der Waals surface area contributed by atoms with Gasteiger partial charge in [-0.1, -0.05) is 0 Å². The minimum Gasteiger partial charge on any atom is -0.381 e. The van der Waals surface area contributed by atoms with Crippen LogP contribution in [0, 0.1) is 23.2 Å². The molecule has 2 unspecified atom stereocenters. The van der Waals surface area contributed by atoms with Gasteiger partial charge in [-0.3, -0.25) is 0 Å². The highest BCUT2D eigenvalue weighted by Gasteiger charge is 2.14. The van der Waals surface area contributed by atoms with Gasteiger partial charge in [0.2, 0.25) is 0 Å². The third-order valence-electron chi connectivity index (χ3n) is 2.42. The fraction of sp³-hybridized carbons (Fsp3) is 0.900. The Morgan fingerprint density at radius 1 is 1.69 bits per heavy atom. The third kappa shape index (κ3) is 4.25. The van der Waals surface area contributed by atoms with Crippen molar-refractivity contribution in [3.8, 4) is 6.07 Å². The molecule has 0 aromatic heterocycles. The lowest BCUT2D eigenvalue weighted by Crippen LogP contribution is -2.23. The van der Waals surface area contributed by atoms with Crippen LogP contribution in [0.1, 0.15) is 19.8 Å². The summed E-state index contributed by atoms with van der Waals surface area (Å²) in [7, 11) is 0. The molecule has 1 aliphatic heterocycles. The van der Waals surface area contributed by atoms with E-state index < -0.39 is 0 Å². The average Bonchev–Trinajstić information content (AvgIpc) is 2.64. The van der Waals surface area contributed by atoms with E-state index in [1.807, 2.05) is 6.92 Å². The molecule has 0 spiro atoms. The fourth-order valence-corrected chi connectivity index (χ4v) is 1.48. The summed E-state index contributed by atoms with van der Waals surface area (Å²) in [6, 6.07) is 2.21. The molecule has 0 amide bonds. The van der Waals surface area contributed by atoms with Crippen molar-refractivity contribution in [2.24, 2.45) is 11.8 Å². The second-order valence-corrected chi connectivity index (χ2v) is 3.75. The van der Waals surface area contributed by atoms with Crippen LogP contribution in [-0.4, -0.2) is 26.3 Å². The lowest BCUT2D eigenvalue weighted by Gasteiger charge is -2.08. The summed E-state index contributed by atoms with van der Waals surface area (Å²) in [6.45, 7) is 5.62. The van der Waals surface area contributed by atoms with Gasteiger partial charge in [-0.05, 0) is 32.2 Å². The number of nitriles is 1. The van der Waals surface area contributed by atoms with Crippen molar-refractivity contribution in [1.29, 1.82) is 5.26 Å². The molecule has 0 saturated carbocycles. The van der Waals surface area contributed by atoms with E-state index in [1.165, 1.54) is 12.8 Å². The van der Waals surface area contributed by atoms with Crippen LogP contribution in [0.15, 0.2) is 0 Å². The van der Waals surface area contributed by atoms with E-state index in [4.69, 9.17) is 10.00 Å². The maximum atomic E-state index is 8.54. The van der Waals surface area contributed by atoms with Crippen LogP contribution in [0.4, 0.5) is 0 Å². The molecule has 13 heavy (non-hydrogen) atoms. The van der Waals surface area contributed by atoms with Gasteiger partial charge in [0.15, 0.2) is 0 Å². The Kier molecular flexibility index (Phi) is 4.81. The standard InChI is InChI=1S/C10H18N2O/c1-9(6-11)7-12-4-2-10-3-5-13-8-10/h9-10,12H,2-5,7-8H2,1H3. The highest BCUT2D eigenvalue weighted by molar-refractivity contribution is 4.80. The predicted molar refractivity (Wildman–Crippen MR) is 51.2 cm³/mol. The van der Waals surface area contributed by atoms with Gasteiger partial charge in [-0.2, -0.15) is 5.26 Å². The normalized spacial score (nSPS) is 24.2. The molecule has 0 aliphatic carbocycles. The molecule has 0 bridgehead atoms. The van der Waals surface area contributed by atoms with Gasteiger partial charge in [0.25, 0.3) is 0 Å². The van der Waals surface area contributed by atoms with Crippen molar-refractivity contribution in [2.75, 3.05) is 26.3 Å². The molecule has 2 atom stereocenters. The van der Waals surface area contributed by atoms with Gasteiger partial charge in [-0.15, -0.1) is 0 Å². The van der Waals surface area contributed by atoms with Crippen LogP contribution in [-0.2, 0) is 4.74 Å². The van der Waals surface area contributed by atoms with Gasteiger partial charge in [0, 0.05) is 19.8 Å². The maximum Gasteiger partial charge on any atom is 0.0666 e. The minimum atomic E-state index is 0.125. The molecule has 1 heterocycles. The number of hydrogen-bond donors (Lipinski definition) is 1. The van der Waals surface area contributed by atoms with E-state index >= 15 is 0 Å². The molecular weight excluding hydrogens is 164 g/mol. The predicted octanol–water partition coefficient (Wildman–Crippen LogP) is 1.16. The van der Waals surface area contributed by atoms with E-state index in [0.717, 1.165) is 32.2 Å². The van der Waals surface area contributed by atoms with E-state index in [-0.39, 0.29) is 5.92 Å². The quantitative estimate of drug-likeness (QED) is 0.649. The van der Waals surface area contributed by atoms with Gasteiger partial charge in [0.1, 0.15) is 0 Å². The summed E-state index contributed by atoms with van der Waals surface area (Å²) >= 11 is 0. The average molecular weight is 182 g/mol. The van der Waals surface area contributed by atoms with Crippen LogP contribution in [0.2, 0.25) is 0 Å². The van der Waals surface area contributed by atoms with Crippen LogP contribution in [0.5, 0.6) is 0 Å². The van der Waals surface area contributed by atoms with Gasteiger partial charge >= 0.3 is 0 Å². The SMILES string of the molecule is CC(C#N)CNCCC1CCOC1. The monoisotopic (exact) mass is 182 g/mol. The van der Waals surface area contributed by atoms with Crippen molar-refractivity contribution < 1.29 is 4.74 Å². The van der Waals surface area contributed by atoms with E-state index in [1.54, 1.807) is 0 Å². The zero-order chi connectivity index (χ0) is 9.52. The van der Waals surface area contributed by atoms with Crippen molar-refractivity contribution >= 4 is 0 Å². The van der Waals surface area contributed by atoms with Crippen molar-refractivity contribution in [3.63, 3.8) is 0 Å². The largest absolute Gasteiger partial charge is 0.381 e. The second-order valence-electron chi connectivity index (χ2n) is 3.75. The summed E-state index contributed by atoms with van der Waals surface area (Å²) in [5, 5.41) is 11.8. The Bertz CT molecular complexity index is 170. The first kappa shape index (κ1) is 10.5. The molecule has 3 nitrogen and oxygen atoms in total. The van der Waals surface area contributed by atoms with Crippen molar-refractivity contribution in [3.05, 3.63) is 0 Å². The van der Waals surface area contributed by atoms with E-state index in [9.17, 15) is 0 Å². The molecule has 3 heteroatoms. The second kappa shape index (κ2) is 5.95. The van der Waals surface area contributed by atoms with Gasteiger partial charge < -0.3 is 10.1 Å². The number of nitrogens with one attached hydrogen (secondary N) is 1. The summed E-state index contributed by atoms with van der Waals surface area (Å²) in [5.41, 5.74) is 0. The lowest BCUT2D eigenvalue weighted by atomic mass is 10.1. The Hall–Kier alpha value is -0.590. The zero-order valence-electron chi connectivity index (χ0n) is 8.25. The molecule has 1 fully saturated rings. The molecule has 1 saturated heterocycles. The third-order valence-corrected chi connectivity index (χ3v) is 2.42. The fourth-order valence-electron chi connectivity index (χ4n) is 1.48. The molecule has 1 aliphatic rings. The van der Waals surface area contributed by atoms with Crippen molar-refractivity contribution in [2.45, 2.75) is 19.8 Å². The Morgan fingerprint density at radius 2 is 2.54 bits per heavy atom. The van der Waals surface area contributed by atoms with E-state index in [2.05, 4.69) is 11.4 Å². The van der Waals surface area contributed by atoms with Crippen LogP contribution in [0.3, 0.4) is 0 Å². The molecule has 74 valence electrons. The summed E-state index contributed by atoms with van der Waals surface area (Å²) in [4.78, 5) is 0. The Morgan fingerprint density at radius 3 is 3.15 bits per heavy atom. The molecule has 1 N–H and O–H groups in total. The van der Waals surface area contributed by atoms with Crippen LogP contribution in [0.25, 0.3) is 0 Å². The van der Waals surface area contributed by atoms with Crippen molar-refractivity contribution in [1.82, 2.24) is 5.32 Å². The molecular formula is C10H18N2O. The number of rotatable bonds is 5. The minimum absolute atomic E-state index is 0.125. The number of hydrogen-bond acceptors (Lipinski definition) is 3. The highest BCUT2D eigenvalue weighted by atomic mass is 16.5. The summed E-state index contributed by atoms with van der Waals surface area (Å²) in [5.74, 6) is 0.865. The lowest BCUT2D eigenvalue weighted by molar-refractivity contribution is 0.184. The topological polar surface area (TPSA) is 45.0 Å². The summed E-state index contributed by atoms with van der Waals surface area (Å²) < 4.78 is 5.28. The van der Waals surface area contributed by atoms with Crippen LogP contribution < -0.4 is 5.32 Å². The number of nitrogens with zero attached hydrogens (tertiary/aromatic N) is 1. The first-order valence-electron chi connectivity index (χ1n) is 5.01. The first-order chi connectivity index (χ1) is 6.33.